The van der Waals surface area contributed by atoms with Crippen LogP contribution in [0.3, 0.4) is 0 Å². The van der Waals surface area contributed by atoms with Crippen molar-refractivity contribution in [1.82, 2.24) is 10.2 Å². The maximum atomic E-state index is 12.2. The number of rotatable bonds is 2. The Morgan fingerprint density at radius 2 is 1.75 bits per heavy atom. The molecule has 2 aliphatic rings. The summed E-state index contributed by atoms with van der Waals surface area (Å²) in [6.45, 7) is 2.34. The first-order valence-electron chi connectivity index (χ1n) is 7.14. The minimum Gasteiger partial charge on any atom is -0.334 e. The molecule has 1 aliphatic heterocycles. The molecule has 1 heterocycles. The first kappa shape index (κ1) is 13.5. The van der Waals surface area contributed by atoms with Crippen molar-refractivity contribution < 1.29 is 4.79 Å². The molecule has 0 saturated carbocycles. The van der Waals surface area contributed by atoms with Crippen molar-refractivity contribution in [3.63, 3.8) is 0 Å². The molecule has 106 valence electrons. The number of benzene rings is 1. The zero-order valence-corrected chi connectivity index (χ0v) is 12.1. The monoisotopic (exact) mass is 290 g/mol. The van der Waals surface area contributed by atoms with Gasteiger partial charge in [-0.3, -0.25) is 0 Å². The van der Waals surface area contributed by atoms with E-state index in [2.05, 4.69) is 17.5 Å². The van der Waals surface area contributed by atoms with Gasteiger partial charge in [-0.05, 0) is 42.4 Å². The zero-order valence-electron chi connectivity index (χ0n) is 11.4. The molecule has 3 rings (SSSR count). The highest BCUT2D eigenvalue weighted by molar-refractivity contribution is 6.30. The highest BCUT2D eigenvalue weighted by atomic mass is 35.5. The molecule has 0 radical (unpaired) electrons. The Kier molecular flexibility index (Phi) is 3.97. The number of halogens is 1. The lowest BCUT2D eigenvalue weighted by atomic mass is 9.86. The van der Waals surface area contributed by atoms with Gasteiger partial charge in [0.05, 0.1) is 0 Å². The van der Waals surface area contributed by atoms with Crippen molar-refractivity contribution in [2.24, 2.45) is 11.8 Å². The summed E-state index contributed by atoms with van der Waals surface area (Å²) in [5.74, 6) is 1.31. The number of nitrogens with zero attached hydrogens (tertiary/aromatic N) is 1. The Labute approximate surface area is 124 Å². The highest BCUT2D eigenvalue weighted by Gasteiger charge is 2.34. The van der Waals surface area contributed by atoms with Crippen LogP contribution in [0.5, 0.6) is 0 Å². The Morgan fingerprint density at radius 3 is 2.35 bits per heavy atom. The van der Waals surface area contributed by atoms with Crippen molar-refractivity contribution in [1.29, 1.82) is 0 Å². The number of urea groups is 1. The minimum atomic E-state index is 0.0503. The van der Waals surface area contributed by atoms with Crippen LogP contribution in [-0.2, 0) is 6.54 Å². The molecular weight excluding hydrogens is 272 g/mol. The van der Waals surface area contributed by atoms with Crippen LogP contribution >= 0.6 is 11.6 Å². The fourth-order valence-corrected chi connectivity index (χ4v) is 3.20. The molecule has 2 unspecified atom stereocenters. The second-order valence-electron chi connectivity index (χ2n) is 5.65. The van der Waals surface area contributed by atoms with Gasteiger partial charge in [-0.15, -0.1) is 0 Å². The fraction of sp³-hybridized carbons (Fsp3) is 0.438. The second kappa shape index (κ2) is 5.88. The number of carbonyl (C=O) groups is 1. The van der Waals surface area contributed by atoms with Gasteiger partial charge in [0, 0.05) is 24.7 Å². The van der Waals surface area contributed by atoms with Gasteiger partial charge in [0.1, 0.15) is 0 Å². The smallest absolute Gasteiger partial charge is 0.317 e. The van der Waals surface area contributed by atoms with Gasteiger partial charge in [-0.1, -0.05) is 35.9 Å². The van der Waals surface area contributed by atoms with Crippen LogP contribution in [0, 0.1) is 11.8 Å². The maximum absolute atomic E-state index is 12.2. The van der Waals surface area contributed by atoms with E-state index >= 15 is 0 Å². The summed E-state index contributed by atoms with van der Waals surface area (Å²) >= 11 is 5.85. The molecule has 1 aromatic carbocycles. The van der Waals surface area contributed by atoms with Crippen LogP contribution in [0.2, 0.25) is 5.02 Å². The van der Waals surface area contributed by atoms with Crippen LogP contribution in [0.4, 0.5) is 4.79 Å². The first-order chi connectivity index (χ1) is 9.72. The largest absolute Gasteiger partial charge is 0.334 e. The molecule has 1 fully saturated rings. The van der Waals surface area contributed by atoms with E-state index in [-0.39, 0.29) is 6.03 Å². The SMILES string of the molecule is O=C(NCc1ccc(Cl)cc1)N1CC2CC=CCC2C1. The van der Waals surface area contributed by atoms with Crippen molar-refractivity contribution in [3.8, 4) is 0 Å². The molecule has 0 bridgehead atoms. The summed E-state index contributed by atoms with van der Waals surface area (Å²) in [5, 5.41) is 3.71. The number of hydrogen-bond acceptors (Lipinski definition) is 1. The lowest BCUT2D eigenvalue weighted by Crippen LogP contribution is -2.38. The highest BCUT2D eigenvalue weighted by Crippen LogP contribution is 2.32. The average Bonchev–Trinajstić information content (AvgIpc) is 2.90. The van der Waals surface area contributed by atoms with Crippen LogP contribution in [-0.4, -0.2) is 24.0 Å². The third-order valence-corrected chi connectivity index (χ3v) is 4.52. The molecule has 2 atom stereocenters. The van der Waals surface area contributed by atoms with E-state index in [1.54, 1.807) is 0 Å². The van der Waals surface area contributed by atoms with E-state index in [4.69, 9.17) is 11.6 Å². The molecular formula is C16H19ClN2O. The van der Waals surface area contributed by atoms with E-state index < -0.39 is 0 Å². The molecule has 0 aromatic heterocycles. The van der Waals surface area contributed by atoms with Gasteiger partial charge >= 0.3 is 6.03 Å². The topological polar surface area (TPSA) is 32.3 Å². The van der Waals surface area contributed by atoms with Crippen molar-refractivity contribution >= 4 is 17.6 Å². The van der Waals surface area contributed by atoms with Crippen molar-refractivity contribution in [2.45, 2.75) is 19.4 Å². The van der Waals surface area contributed by atoms with Crippen LogP contribution < -0.4 is 5.32 Å². The van der Waals surface area contributed by atoms with Gasteiger partial charge in [0.2, 0.25) is 0 Å². The van der Waals surface area contributed by atoms with Gasteiger partial charge in [-0.2, -0.15) is 0 Å². The van der Waals surface area contributed by atoms with Crippen molar-refractivity contribution in [3.05, 3.63) is 47.0 Å². The minimum absolute atomic E-state index is 0.0503. The number of carbonyl (C=O) groups excluding carboxylic acids is 1. The van der Waals surface area contributed by atoms with Crippen LogP contribution in [0.25, 0.3) is 0 Å². The molecule has 1 saturated heterocycles. The van der Waals surface area contributed by atoms with E-state index in [9.17, 15) is 4.79 Å². The number of allylic oxidation sites excluding steroid dienone is 2. The summed E-state index contributed by atoms with van der Waals surface area (Å²) in [4.78, 5) is 14.2. The van der Waals surface area contributed by atoms with Crippen LogP contribution in [0.15, 0.2) is 36.4 Å². The number of fused-ring (bicyclic) bond motifs is 1. The quantitative estimate of drug-likeness (QED) is 0.831. The Hall–Kier alpha value is -1.48. The third kappa shape index (κ3) is 2.98. The lowest BCUT2D eigenvalue weighted by Gasteiger charge is -2.17. The van der Waals surface area contributed by atoms with E-state index in [0.717, 1.165) is 36.5 Å². The predicted molar refractivity (Wildman–Crippen MR) is 80.6 cm³/mol. The van der Waals surface area contributed by atoms with E-state index in [1.807, 2.05) is 29.2 Å². The number of hydrogen-bond donors (Lipinski definition) is 1. The summed E-state index contributed by atoms with van der Waals surface area (Å²) < 4.78 is 0. The average molecular weight is 291 g/mol. The Bertz CT molecular complexity index is 496. The summed E-state index contributed by atoms with van der Waals surface area (Å²) in [7, 11) is 0. The normalized spacial score (nSPS) is 24.6. The number of likely N-dealkylation sites (tertiary alicyclic amines) is 1. The molecule has 1 aliphatic carbocycles. The summed E-state index contributed by atoms with van der Waals surface area (Å²) in [6.07, 6.45) is 6.73. The summed E-state index contributed by atoms with van der Waals surface area (Å²) in [6, 6.07) is 7.62. The first-order valence-corrected chi connectivity index (χ1v) is 7.52. The molecule has 4 heteroatoms. The maximum Gasteiger partial charge on any atom is 0.317 e. The number of nitrogens with one attached hydrogen (secondary N) is 1. The molecule has 1 N–H and O–H groups in total. The molecule has 20 heavy (non-hydrogen) atoms. The molecule has 3 nitrogen and oxygen atoms in total. The number of amides is 2. The molecule has 1 aromatic rings. The van der Waals surface area contributed by atoms with Gasteiger partial charge in [0.15, 0.2) is 0 Å². The van der Waals surface area contributed by atoms with Gasteiger partial charge in [0.25, 0.3) is 0 Å². The second-order valence-corrected chi connectivity index (χ2v) is 6.09. The predicted octanol–water partition coefficient (Wildman–Crippen LogP) is 3.45. The zero-order chi connectivity index (χ0) is 13.9. The van der Waals surface area contributed by atoms with Gasteiger partial charge in [-0.25, -0.2) is 4.79 Å². The Balaban J connectivity index is 1.51. The third-order valence-electron chi connectivity index (χ3n) is 4.26. The lowest BCUT2D eigenvalue weighted by molar-refractivity contribution is 0.206. The van der Waals surface area contributed by atoms with Crippen LogP contribution in [0.1, 0.15) is 18.4 Å². The van der Waals surface area contributed by atoms with Crippen molar-refractivity contribution in [2.75, 3.05) is 13.1 Å². The van der Waals surface area contributed by atoms with Gasteiger partial charge < -0.3 is 10.2 Å². The van der Waals surface area contributed by atoms with E-state index in [1.165, 1.54) is 0 Å². The molecule has 0 spiro atoms. The van der Waals surface area contributed by atoms with E-state index in [0.29, 0.717) is 18.4 Å². The Morgan fingerprint density at radius 1 is 1.15 bits per heavy atom. The standard InChI is InChI=1S/C16H19ClN2O/c17-15-7-5-12(6-8-15)9-18-16(20)19-10-13-3-1-2-4-14(13)11-19/h1-2,5-8,13-14H,3-4,9-11H2,(H,18,20). The molecule has 2 amide bonds. The summed E-state index contributed by atoms with van der Waals surface area (Å²) in [5.41, 5.74) is 1.07. The fourth-order valence-electron chi connectivity index (χ4n) is 3.07.